The van der Waals surface area contributed by atoms with Gasteiger partial charge in [0.25, 0.3) is 0 Å². The fourth-order valence-corrected chi connectivity index (χ4v) is 2.91. The summed E-state index contributed by atoms with van der Waals surface area (Å²) in [7, 11) is 2.02. The molecule has 2 rings (SSSR count). The van der Waals surface area contributed by atoms with Crippen LogP contribution >= 0.6 is 11.6 Å². The van der Waals surface area contributed by atoms with E-state index in [1.165, 1.54) is 30.4 Å². The van der Waals surface area contributed by atoms with E-state index in [2.05, 4.69) is 24.4 Å². The molecule has 0 aromatic heterocycles. The van der Waals surface area contributed by atoms with Crippen molar-refractivity contribution in [3.05, 3.63) is 34.3 Å². The third kappa shape index (κ3) is 2.04. The lowest BCUT2D eigenvalue weighted by Crippen LogP contribution is -2.31. The zero-order chi connectivity index (χ0) is 10.8. The molecular formula is C13H18ClN. The van der Waals surface area contributed by atoms with Crippen molar-refractivity contribution < 1.29 is 0 Å². The molecule has 0 amide bonds. The van der Waals surface area contributed by atoms with Gasteiger partial charge in [-0.1, -0.05) is 23.7 Å². The van der Waals surface area contributed by atoms with Crippen LogP contribution < -0.4 is 5.32 Å². The van der Waals surface area contributed by atoms with Crippen LogP contribution in [0.25, 0.3) is 0 Å². The maximum absolute atomic E-state index is 6.31. The first-order valence-electron chi connectivity index (χ1n) is 5.68. The number of halogens is 1. The Balaban J connectivity index is 2.40. The summed E-state index contributed by atoms with van der Waals surface area (Å²) in [6.07, 6.45) is 3.71. The van der Waals surface area contributed by atoms with Crippen molar-refractivity contribution in [2.24, 2.45) is 0 Å². The number of fused-ring (bicyclic) bond motifs is 1. The molecule has 2 unspecified atom stereocenters. The molecule has 0 aliphatic heterocycles. The van der Waals surface area contributed by atoms with Crippen molar-refractivity contribution in [2.45, 2.75) is 38.1 Å². The topological polar surface area (TPSA) is 12.0 Å². The van der Waals surface area contributed by atoms with Crippen molar-refractivity contribution in [3.8, 4) is 0 Å². The summed E-state index contributed by atoms with van der Waals surface area (Å²) in [5, 5.41) is 4.29. The lowest BCUT2D eigenvalue weighted by molar-refractivity contribution is 0.438. The van der Waals surface area contributed by atoms with Crippen molar-refractivity contribution >= 4 is 11.6 Å². The normalized spacial score (nSPS) is 22.2. The van der Waals surface area contributed by atoms with E-state index in [0.717, 1.165) is 5.02 Å². The van der Waals surface area contributed by atoms with Gasteiger partial charge < -0.3 is 5.32 Å². The molecule has 1 nitrogen and oxygen atoms in total. The van der Waals surface area contributed by atoms with Gasteiger partial charge in [0, 0.05) is 17.0 Å². The SMILES string of the molecule is CNC(C)C1CCCc2cccc(Cl)c21. The first-order chi connectivity index (χ1) is 7.24. The maximum Gasteiger partial charge on any atom is 0.0444 e. The predicted molar refractivity (Wildman–Crippen MR) is 65.7 cm³/mol. The first-order valence-corrected chi connectivity index (χ1v) is 6.06. The fraction of sp³-hybridized carbons (Fsp3) is 0.538. The van der Waals surface area contributed by atoms with Gasteiger partial charge in [-0.3, -0.25) is 0 Å². The van der Waals surface area contributed by atoms with Crippen LogP contribution in [0.4, 0.5) is 0 Å². The maximum atomic E-state index is 6.31. The minimum atomic E-state index is 0.504. The van der Waals surface area contributed by atoms with Crippen LogP contribution in [0.5, 0.6) is 0 Å². The van der Waals surface area contributed by atoms with Crippen LogP contribution in [0.3, 0.4) is 0 Å². The molecule has 15 heavy (non-hydrogen) atoms. The minimum absolute atomic E-state index is 0.504. The summed E-state index contributed by atoms with van der Waals surface area (Å²) in [5.41, 5.74) is 2.83. The highest BCUT2D eigenvalue weighted by atomic mass is 35.5. The summed E-state index contributed by atoms with van der Waals surface area (Å²) < 4.78 is 0. The number of rotatable bonds is 2. The third-order valence-electron chi connectivity index (χ3n) is 3.53. The van der Waals surface area contributed by atoms with E-state index in [1.807, 2.05) is 13.1 Å². The zero-order valence-corrected chi connectivity index (χ0v) is 10.1. The fourth-order valence-electron chi connectivity index (χ4n) is 2.57. The van der Waals surface area contributed by atoms with Gasteiger partial charge in [0.05, 0.1) is 0 Å². The van der Waals surface area contributed by atoms with E-state index in [4.69, 9.17) is 11.6 Å². The average Bonchev–Trinajstić information content (AvgIpc) is 2.28. The molecule has 0 saturated carbocycles. The molecule has 2 heteroatoms. The van der Waals surface area contributed by atoms with Crippen molar-refractivity contribution in [1.82, 2.24) is 5.32 Å². The Hall–Kier alpha value is -0.530. The molecule has 1 aromatic carbocycles. The second-order valence-corrected chi connectivity index (χ2v) is 4.80. The Morgan fingerprint density at radius 2 is 2.27 bits per heavy atom. The largest absolute Gasteiger partial charge is 0.317 e. The number of aryl methyl sites for hydroxylation is 1. The van der Waals surface area contributed by atoms with Crippen LogP contribution in [0.1, 0.15) is 36.8 Å². The molecule has 0 saturated heterocycles. The molecule has 1 N–H and O–H groups in total. The summed E-state index contributed by atoms with van der Waals surface area (Å²) in [6, 6.07) is 6.80. The summed E-state index contributed by atoms with van der Waals surface area (Å²) in [5.74, 6) is 0.576. The standard InChI is InChI=1S/C13H18ClN/c1-9(15-2)11-7-3-5-10-6-4-8-12(14)13(10)11/h4,6,8-9,11,15H,3,5,7H2,1-2H3. The zero-order valence-electron chi connectivity index (χ0n) is 9.39. The summed E-state index contributed by atoms with van der Waals surface area (Å²) in [6.45, 7) is 2.24. The van der Waals surface area contributed by atoms with E-state index < -0.39 is 0 Å². The molecule has 0 heterocycles. The van der Waals surface area contributed by atoms with Gasteiger partial charge in [0.1, 0.15) is 0 Å². The lowest BCUT2D eigenvalue weighted by Gasteiger charge is -2.31. The van der Waals surface area contributed by atoms with E-state index >= 15 is 0 Å². The van der Waals surface area contributed by atoms with Gasteiger partial charge in [-0.05, 0) is 50.4 Å². The minimum Gasteiger partial charge on any atom is -0.317 e. The highest BCUT2D eigenvalue weighted by Gasteiger charge is 2.26. The molecule has 1 aromatic rings. The van der Waals surface area contributed by atoms with Gasteiger partial charge >= 0.3 is 0 Å². The summed E-state index contributed by atoms with van der Waals surface area (Å²) >= 11 is 6.31. The van der Waals surface area contributed by atoms with E-state index in [-0.39, 0.29) is 0 Å². The Bertz CT molecular complexity index is 348. The molecular weight excluding hydrogens is 206 g/mol. The highest BCUT2D eigenvalue weighted by Crippen LogP contribution is 2.38. The number of hydrogen-bond donors (Lipinski definition) is 1. The quantitative estimate of drug-likeness (QED) is 0.811. The Morgan fingerprint density at radius 1 is 1.47 bits per heavy atom. The van der Waals surface area contributed by atoms with Crippen molar-refractivity contribution in [3.63, 3.8) is 0 Å². The van der Waals surface area contributed by atoms with Crippen LogP contribution in [0.15, 0.2) is 18.2 Å². The molecule has 0 fully saturated rings. The predicted octanol–water partition coefficient (Wildman–Crippen LogP) is 3.37. The molecule has 0 spiro atoms. The van der Waals surface area contributed by atoms with Crippen LogP contribution in [-0.2, 0) is 6.42 Å². The second-order valence-electron chi connectivity index (χ2n) is 4.39. The Morgan fingerprint density at radius 3 is 3.00 bits per heavy atom. The molecule has 0 bridgehead atoms. The van der Waals surface area contributed by atoms with Crippen LogP contribution in [0, 0.1) is 0 Å². The van der Waals surface area contributed by atoms with E-state index in [0.29, 0.717) is 12.0 Å². The second kappa shape index (κ2) is 4.54. The Labute approximate surface area is 96.8 Å². The van der Waals surface area contributed by atoms with Crippen molar-refractivity contribution in [1.29, 1.82) is 0 Å². The monoisotopic (exact) mass is 223 g/mol. The van der Waals surface area contributed by atoms with Gasteiger partial charge in [-0.2, -0.15) is 0 Å². The molecule has 1 aliphatic carbocycles. The van der Waals surface area contributed by atoms with Crippen LogP contribution in [0.2, 0.25) is 5.02 Å². The molecule has 2 atom stereocenters. The third-order valence-corrected chi connectivity index (χ3v) is 3.86. The average molecular weight is 224 g/mol. The molecule has 82 valence electrons. The first kappa shape index (κ1) is 11.0. The molecule has 1 aliphatic rings. The summed E-state index contributed by atoms with van der Waals surface area (Å²) in [4.78, 5) is 0. The Kier molecular flexibility index (Phi) is 3.32. The number of likely N-dealkylation sites (N-methyl/N-ethyl adjacent to an activating group) is 1. The molecule has 0 radical (unpaired) electrons. The van der Waals surface area contributed by atoms with Gasteiger partial charge in [-0.15, -0.1) is 0 Å². The smallest absolute Gasteiger partial charge is 0.0444 e. The highest BCUT2D eigenvalue weighted by molar-refractivity contribution is 6.31. The number of hydrogen-bond acceptors (Lipinski definition) is 1. The van der Waals surface area contributed by atoms with Crippen LogP contribution in [-0.4, -0.2) is 13.1 Å². The van der Waals surface area contributed by atoms with E-state index in [9.17, 15) is 0 Å². The van der Waals surface area contributed by atoms with E-state index in [1.54, 1.807) is 0 Å². The van der Waals surface area contributed by atoms with Gasteiger partial charge in [-0.25, -0.2) is 0 Å². The van der Waals surface area contributed by atoms with Crippen molar-refractivity contribution in [2.75, 3.05) is 7.05 Å². The number of nitrogens with one attached hydrogen (secondary N) is 1. The lowest BCUT2D eigenvalue weighted by atomic mass is 9.79. The van der Waals surface area contributed by atoms with Gasteiger partial charge in [0.15, 0.2) is 0 Å². The number of benzene rings is 1. The van der Waals surface area contributed by atoms with Gasteiger partial charge in [0.2, 0.25) is 0 Å².